The smallest absolute Gasteiger partial charge is 0.303 e. The fraction of sp³-hybridized carbons (Fsp3) is 0.833. The van der Waals surface area contributed by atoms with Crippen LogP contribution in [0.5, 0.6) is 0 Å². The highest BCUT2D eigenvalue weighted by molar-refractivity contribution is 5.76. The van der Waals surface area contributed by atoms with Gasteiger partial charge in [-0.3, -0.25) is 28.8 Å². The van der Waals surface area contributed by atoms with Crippen LogP contribution in [0, 0.1) is 0 Å². The van der Waals surface area contributed by atoms with Crippen LogP contribution in [0.1, 0.15) is 67.2 Å². The highest BCUT2D eigenvalue weighted by atomic mass is 16.7. The van der Waals surface area contributed by atoms with E-state index in [1.165, 1.54) is 13.8 Å². The van der Waals surface area contributed by atoms with Crippen molar-refractivity contribution in [2.24, 2.45) is 5.90 Å². The Balaban J connectivity index is 2.46. The summed E-state index contributed by atoms with van der Waals surface area (Å²) in [5.41, 5.74) is -0.536. The zero-order valence-corrected chi connectivity index (χ0v) is 28.4. The van der Waals surface area contributed by atoms with Gasteiger partial charge in [-0.1, -0.05) is 20.3 Å². The van der Waals surface area contributed by atoms with E-state index in [4.69, 9.17) is 48.6 Å². The van der Waals surface area contributed by atoms with Gasteiger partial charge >= 0.3 is 17.9 Å². The number of nitrogens with two attached hydrogens (primary N) is 1. The third kappa shape index (κ3) is 17.2. The topological polar surface area (TPSA) is 218 Å². The average Bonchev–Trinajstić information content (AvgIpc) is 3.00. The van der Waals surface area contributed by atoms with Gasteiger partial charge in [-0.25, -0.2) is 5.90 Å². The minimum Gasteiger partial charge on any atom is -0.463 e. The molecule has 0 saturated carbocycles. The Morgan fingerprint density at radius 1 is 0.809 bits per heavy atom. The molecule has 1 aliphatic rings. The lowest BCUT2D eigenvalue weighted by Gasteiger charge is -2.44. The van der Waals surface area contributed by atoms with E-state index in [1.807, 2.05) is 13.8 Å². The number of esters is 3. The van der Waals surface area contributed by atoms with Crippen molar-refractivity contribution >= 4 is 29.7 Å². The van der Waals surface area contributed by atoms with Crippen molar-refractivity contribution in [2.75, 3.05) is 59.4 Å². The van der Waals surface area contributed by atoms with Crippen molar-refractivity contribution in [1.82, 2.24) is 10.6 Å². The largest absolute Gasteiger partial charge is 0.463 e. The molecule has 272 valence electrons. The zero-order valence-electron chi connectivity index (χ0n) is 28.4. The second-order valence-corrected chi connectivity index (χ2v) is 10.9. The van der Waals surface area contributed by atoms with Gasteiger partial charge in [0, 0.05) is 40.7 Å². The van der Waals surface area contributed by atoms with Crippen molar-refractivity contribution in [1.29, 1.82) is 0 Å². The fourth-order valence-electron chi connectivity index (χ4n) is 4.74. The van der Waals surface area contributed by atoms with E-state index >= 15 is 0 Å². The van der Waals surface area contributed by atoms with E-state index < -0.39 is 60.1 Å². The summed E-state index contributed by atoms with van der Waals surface area (Å²) in [6.45, 7) is 10.2. The van der Waals surface area contributed by atoms with Gasteiger partial charge in [0.25, 0.3) is 0 Å². The molecule has 0 spiro atoms. The number of hydrogen-bond donors (Lipinski definition) is 3. The molecule has 17 heteroatoms. The van der Waals surface area contributed by atoms with Crippen molar-refractivity contribution in [3.63, 3.8) is 0 Å². The number of nitrogens with one attached hydrogen (secondary N) is 2. The molecular formula is C30H53N3O14. The number of amides is 2. The van der Waals surface area contributed by atoms with Gasteiger partial charge in [-0.2, -0.15) is 0 Å². The first-order valence-electron chi connectivity index (χ1n) is 15.8. The molecule has 1 aliphatic heterocycles. The summed E-state index contributed by atoms with van der Waals surface area (Å²) in [6.07, 6.45) is -2.08. The number of ether oxygens (including phenoxy) is 8. The van der Waals surface area contributed by atoms with Crippen molar-refractivity contribution in [3.05, 3.63) is 0 Å². The van der Waals surface area contributed by atoms with Crippen molar-refractivity contribution in [3.8, 4) is 0 Å². The Labute approximate surface area is 276 Å². The van der Waals surface area contributed by atoms with Gasteiger partial charge < -0.3 is 48.5 Å². The summed E-state index contributed by atoms with van der Waals surface area (Å²) < 4.78 is 44.2. The molecule has 0 aromatic heterocycles. The predicted molar refractivity (Wildman–Crippen MR) is 163 cm³/mol. The van der Waals surface area contributed by atoms with Gasteiger partial charge in [0.05, 0.1) is 46.2 Å². The van der Waals surface area contributed by atoms with E-state index in [9.17, 15) is 24.0 Å². The molecule has 2 amide bonds. The summed E-state index contributed by atoms with van der Waals surface area (Å²) >= 11 is 0. The second kappa shape index (κ2) is 23.4. The molecule has 6 atom stereocenters. The first kappa shape index (κ1) is 42.1. The molecule has 17 nitrogen and oxygen atoms in total. The Morgan fingerprint density at radius 2 is 1.45 bits per heavy atom. The van der Waals surface area contributed by atoms with Crippen molar-refractivity contribution < 1.29 is 66.7 Å². The molecule has 0 aliphatic carbocycles. The summed E-state index contributed by atoms with van der Waals surface area (Å²) in [6, 6.07) is -1.06. The van der Waals surface area contributed by atoms with E-state index in [2.05, 4.69) is 10.6 Å². The van der Waals surface area contributed by atoms with Crippen LogP contribution in [-0.2, 0) is 66.7 Å². The molecule has 1 saturated heterocycles. The monoisotopic (exact) mass is 679 g/mol. The molecule has 6 unspecified atom stereocenters. The van der Waals surface area contributed by atoms with Crippen LogP contribution in [-0.4, -0.2) is 125 Å². The first-order valence-corrected chi connectivity index (χ1v) is 15.8. The summed E-state index contributed by atoms with van der Waals surface area (Å²) in [7, 11) is 0. The van der Waals surface area contributed by atoms with Crippen LogP contribution in [0.15, 0.2) is 0 Å². The van der Waals surface area contributed by atoms with E-state index in [0.29, 0.717) is 19.6 Å². The van der Waals surface area contributed by atoms with Gasteiger partial charge in [0.2, 0.25) is 11.8 Å². The molecule has 1 fully saturated rings. The maximum atomic E-state index is 12.0. The summed E-state index contributed by atoms with van der Waals surface area (Å²) in [4.78, 5) is 64.4. The van der Waals surface area contributed by atoms with Gasteiger partial charge in [-0.15, -0.1) is 0 Å². The first-order chi connectivity index (χ1) is 22.4. The van der Waals surface area contributed by atoms with Gasteiger partial charge in [-0.05, 0) is 12.8 Å². The Kier molecular flexibility index (Phi) is 21.0. The van der Waals surface area contributed by atoms with Gasteiger partial charge in [0.15, 0.2) is 18.5 Å². The maximum absolute atomic E-state index is 12.0. The molecule has 0 radical (unpaired) electrons. The second-order valence-electron chi connectivity index (χ2n) is 10.9. The number of rotatable bonds is 24. The highest BCUT2D eigenvalue weighted by Gasteiger charge is 2.51. The van der Waals surface area contributed by atoms with Crippen LogP contribution in [0.2, 0.25) is 0 Å². The molecule has 1 heterocycles. The van der Waals surface area contributed by atoms with E-state index in [0.717, 1.165) is 26.7 Å². The Hall–Kier alpha value is -2.93. The molecule has 0 bridgehead atoms. The van der Waals surface area contributed by atoms with Gasteiger partial charge in [0.1, 0.15) is 24.4 Å². The maximum Gasteiger partial charge on any atom is 0.303 e. The molecule has 1 rings (SSSR count). The van der Waals surface area contributed by atoms with Crippen LogP contribution in [0.3, 0.4) is 0 Å². The minimum atomic E-state index is -1.21. The number of carbonyl (C=O) groups excluding carboxylic acids is 5. The number of hydrogen-bond acceptors (Lipinski definition) is 15. The summed E-state index contributed by atoms with van der Waals surface area (Å²) in [5, 5.41) is 5.38. The van der Waals surface area contributed by atoms with Crippen LogP contribution >= 0.6 is 0 Å². The zero-order chi connectivity index (χ0) is 35.2. The molecule has 0 aromatic carbocycles. The molecular weight excluding hydrogens is 626 g/mol. The minimum absolute atomic E-state index is 0.000581. The van der Waals surface area contributed by atoms with Crippen molar-refractivity contribution in [2.45, 2.75) is 103 Å². The average molecular weight is 680 g/mol. The summed E-state index contributed by atoms with van der Waals surface area (Å²) in [5.74, 6) is 2.79. The lowest BCUT2D eigenvalue weighted by Crippen LogP contribution is -2.66. The normalized spacial score (nSPS) is 22.1. The van der Waals surface area contributed by atoms with E-state index in [1.54, 1.807) is 0 Å². The molecule has 47 heavy (non-hydrogen) atoms. The third-order valence-corrected chi connectivity index (χ3v) is 6.96. The molecule has 4 N–H and O–H groups in total. The lowest BCUT2D eigenvalue weighted by molar-refractivity contribution is -0.279. The highest BCUT2D eigenvalue weighted by Crippen LogP contribution is 2.28. The number of carbonyl (C=O) groups is 5. The van der Waals surface area contributed by atoms with Crippen LogP contribution in [0.4, 0.5) is 0 Å². The molecule has 0 aromatic rings. The van der Waals surface area contributed by atoms with Crippen LogP contribution < -0.4 is 16.5 Å². The fourth-order valence-corrected chi connectivity index (χ4v) is 4.74. The Bertz CT molecular complexity index is 964. The SMILES string of the molecule is CCCC(CC)(COCCC(=O)NCCOCCOCCOC1OC(COC(C)=O)C(OC(C)=O)C(OC(C)=O)C1NC(C)=O)ON. The predicted octanol–water partition coefficient (Wildman–Crippen LogP) is 0.0544. The van der Waals surface area contributed by atoms with E-state index in [-0.39, 0.29) is 58.6 Å². The lowest BCUT2D eigenvalue weighted by atomic mass is 9.96. The van der Waals surface area contributed by atoms with Crippen LogP contribution in [0.25, 0.3) is 0 Å². The third-order valence-electron chi connectivity index (χ3n) is 6.96. The standard InChI is InChI=1S/C30H53N3O14/c1-7-10-30(8-2,47-31)19-41-12-9-25(38)32-11-13-39-14-15-40-16-17-42-29-26(33-20(3)34)28(45-23(6)37)27(44-22(5)36)24(46-29)18-43-21(4)35/h24,26-29H,7-19,31H2,1-6H3,(H,32,38)(H,33,34). The quantitative estimate of drug-likeness (QED) is 0.0531. The Morgan fingerprint density at radius 3 is 2.02 bits per heavy atom.